The average Bonchev–Trinajstić information content (AvgIpc) is 2.84. The van der Waals surface area contributed by atoms with Crippen LogP contribution in [-0.4, -0.2) is 44.7 Å². The number of nitrogens with one attached hydrogen (secondary N) is 1. The number of nitriles is 1. The van der Waals surface area contributed by atoms with Crippen LogP contribution in [0.2, 0.25) is 0 Å². The number of nitrogens with two attached hydrogens (primary N) is 1. The van der Waals surface area contributed by atoms with E-state index in [1.807, 2.05) is 6.07 Å². The summed E-state index contributed by atoms with van der Waals surface area (Å²) in [5, 5.41) is 11.1. The fraction of sp³-hybridized carbons (Fsp3) is 0.318. The van der Waals surface area contributed by atoms with Gasteiger partial charge in [0.2, 0.25) is 5.91 Å². The molecule has 8 nitrogen and oxygen atoms in total. The molecule has 3 N–H and O–H groups in total. The van der Waals surface area contributed by atoms with Gasteiger partial charge in [0, 0.05) is 13.0 Å². The van der Waals surface area contributed by atoms with Crippen molar-refractivity contribution in [1.29, 1.82) is 5.26 Å². The molecule has 0 bridgehead atoms. The Balaban J connectivity index is 1.99. The summed E-state index contributed by atoms with van der Waals surface area (Å²) in [6.07, 6.45) is -6.00. The SMILES string of the molecule is N#Cc1ccc(CN2C(=O)[C@@H](N)CS(=O)(=O)c3cc(F)c(C(=O)NCCCC(F)(F)F)cc32)cc1. The van der Waals surface area contributed by atoms with Gasteiger partial charge < -0.3 is 16.0 Å². The Morgan fingerprint density at radius 1 is 1.23 bits per heavy atom. The smallest absolute Gasteiger partial charge is 0.352 e. The molecule has 0 aromatic heterocycles. The Kier molecular flexibility index (Phi) is 7.47. The van der Waals surface area contributed by atoms with Gasteiger partial charge in [-0.05, 0) is 36.2 Å². The lowest BCUT2D eigenvalue weighted by Crippen LogP contribution is -2.45. The predicted molar refractivity (Wildman–Crippen MR) is 116 cm³/mol. The number of benzene rings is 2. The highest BCUT2D eigenvalue weighted by molar-refractivity contribution is 7.91. The summed E-state index contributed by atoms with van der Waals surface area (Å²) >= 11 is 0. The Morgan fingerprint density at radius 3 is 2.49 bits per heavy atom. The number of halogens is 4. The molecule has 0 unspecified atom stereocenters. The Labute approximate surface area is 198 Å². The van der Waals surface area contributed by atoms with Crippen LogP contribution in [0.3, 0.4) is 0 Å². The van der Waals surface area contributed by atoms with Crippen LogP contribution in [0.5, 0.6) is 0 Å². The second-order valence-corrected chi connectivity index (χ2v) is 9.90. The van der Waals surface area contributed by atoms with E-state index in [-0.39, 0.29) is 12.2 Å². The van der Waals surface area contributed by atoms with E-state index in [0.717, 1.165) is 11.0 Å². The van der Waals surface area contributed by atoms with Crippen LogP contribution >= 0.6 is 0 Å². The van der Waals surface area contributed by atoms with Gasteiger partial charge in [-0.25, -0.2) is 12.8 Å². The molecule has 2 aromatic carbocycles. The van der Waals surface area contributed by atoms with Crippen LogP contribution in [0, 0.1) is 17.1 Å². The van der Waals surface area contributed by atoms with E-state index in [9.17, 15) is 35.6 Å². The first-order valence-electron chi connectivity index (χ1n) is 10.3. The van der Waals surface area contributed by atoms with E-state index in [0.29, 0.717) is 17.2 Å². The number of carbonyl (C=O) groups excluding carboxylic acids is 2. The minimum absolute atomic E-state index is 0.195. The van der Waals surface area contributed by atoms with Gasteiger partial charge in [0.25, 0.3) is 5.91 Å². The molecule has 1 aliphatic heterocycles. The summed E-state index contributed by atoms with van der Waals surface area (Å²) in [6.45, 7) is -0.592. The van der Waals surface area contributed by atoms with Crippen LogP contribution in [0.25, 0.3) is 0 Å². The predicted octanol–water partition coefficient (Wildman–Crippen LogP) is 2.42. The van der Waals surface area contributed by atoms with E-state index in [2.05, 4.69) is 5.32 Å². The monoisotopic (exact) mass is 512 g/mol. The zero-order valence-electron chi connectivity index (χ0n) is 18.1. The highest BCUT2D eigenvalue weighted by Gasteiger charge is 2.37. The number of sulfone groups is 1. The quantitative estimate of drug-likeness (QED) is 0.451. The van der Waals surface area contributed by atoms with E-state index in [1.165, 1.54) is 24.3 Å². The summed E-state index contributed by atoms with van der Waals surface area (Å²) < 4.78 is 77.3. The zero-order valence-corrected chi connectivity index (χ0v) is 18.9. The fourth-order valence-electron chi connectivity index (χ4n) is 3.51. The molecule has 186 valence electrons. The topological polar surface area (TPSA) is 133 Å². The molecule has 0 fully saturated rings. The molecular formula is C22H20F4N4O4S. The first kappa shape index (κ1) is 26.1. The number of fused-ring (bicyclic) bond motifs is 1. The highest BCUT2D eigenvalue weighted by Crippen LogP contribution is 2.34. The van der Waals surface area contributed by atoms with Crippen molar-refractivity contribution in [1.82, 2.24) is 5.32 Å². The van der Waals surface area contributed by atoms with Crippen molar-refractivity contribution in [3.05, 3.63) is 58.9 Å². The number of amides is 2. The first-order valence-corrected chi connectivity index (χ1v) is 11.9. The molecule has 0 radical (unpaired) electrons. The van der Waals surface area contributed by atoms with E-state index in [4.69, 9.17) is 11.0 Å². The third-order valence-electron chi connectivity index (χ3n) is 5.25. The second-order valence-electron chi connectivity index (χ2n) is 7.90. The lowest BCUT2D eigenvalue weighted by atomic mass is 10.1. The summed E-state index contributed by atoms with van der Waals surface area (Å²) in [4.78, 5) is 25.9. The molecule has 3 rings (SSSR count). The summed E-state index contributed by atoms with van der Waals surface area (Å²) in [6, 6.07) is 8.00. The normalized spacial score (nSPS) is 17.3. The first-order chi connectivity index (χ1) is 16.3. The molecule has 0 saturated carbocycles. The number of alkyl halides is 3. The number of rotatable bonds is 6. The maximum Gasteiger partial charge on any atom is 0.389 e. The number of carbonyl (C=O) groups is 2. The van der Waals surface area contributed by atoms with Gasteiger partial charge >= 0.3 is 6.18 Å². The zero-order chi connectivity index (χ0) is 26.0. The van der Waals surface area contributed by atoms with Crippen LogP contribution in [0.15, 0.2) is 41.3 Å². The van der Waals surface area contributed by atoms with E-state index >= 15 is 0 Å². The minimum Gasteiger partial charge on any atom is -0.352 e. The third kappa shape index (κ3) is 6.14. The summed E-state index contributed by atoms with van der Waals surface area (Å²) in [7, 11) is -4.23. The van der Waals surface area contributed by atoms with Gasteiger partial charge in [0.15, 0.2) is 9.84 Å². The van der Waals surface area contributed by atoms with Crippen LogP contribution in [0.1, 0.15) is 34.3 Å². The molecule has 0 aliphatic carbocycles. The van der Waals surface area contributed by atoms with Crippen molar-refractivity contribution >= 4 is 27.3 Å². The standard InChI is InChI=1S/C22H20F4N4O4S/c23-16-9-19-18(8-15(16)20(31)29-7-1-6-22(24,25)26)30(21(32)17(28)12-35(19,33)34)11-14-4-2-13(10-27)3-5-14/h2-5,8-9,17H,1,6-7,11-12,28H2,(H,29,31)/t17-/m0/s1. The van der Waals surface area contributed by atoms with Gasteiger partial charge in [-0.15, -0.1) is 0 Å². The summed E-state index contributed by atoms with van der Waals surface area (Å²) in [5.74, 6) is -3.86. The molecule has 1 atom stereocenters. The molecule has 35 heavy (non-hydrogen) atoms. The molecular weight excluding hydrogens is 492 g/mol. The molecule has 0 spiro atoms. The molecule has 0 saturated heterocycles. The van der Waals surface area contributed by atoms with Gasteiger partial charge in [-0.2, -0.15) is 18.4 Å². The Hall–Kier alpha value is -3.50. The van der Waals surface area contributed by atoms with Crippen molar-refractivity contribution in [2.75, 3.05) is 17.2 Å². The highest BCUT2D eigenvalue weighted by atomic mass is 32.2. The second kappa shape index (κ2) is 10.0. The Morgan fingerprint density at radius 2 is 1.89 bits per heavy atom. The van der Waals surface area contributed by atoms with Crippen molar-refractivity contribution in [3.63, 3.8) is 0 Å². The number of nitrogens with zero attached hydrogens (tertiary/aromatic N) is 2. The van der Waals surface area contributed by atoms with Crippen molar-refractivity contribution in [2.24, 2.45) is 5.73 Å². The van der Waals surface area contributed by atoms with E-state index in [1.54, 1.807) is 0 Å². The van der Waals surface area contributed by atoms with Crippen molar-refractivity contribution < 1.29 is 35.6 Å². The molecule has 1 aliphatic rings. The molecule has 2 aromatic rings. The minimum atomic E-state index is -4.42. The van der Waals surface area contributed by atoms with Crippen LogP contribution < -0.4 is 16.0 Å². The van der Waals surface area contributed by atoms with Crippen LogP contribution in [-0.2, 0) is 21.2 Å². The fourth-order valence-corrected chi connectivity index (χ4v) is 5.08. The maximum atomic E-state index is 14.8. The largest absolute Gasteiger partial charge is 0.389 e. The Bertz CT molecular complexity index is 1290. The van der Waals surface area contributed by atoms with E-state index < -0.39 is 75.3 Å². The third-order valence-corrected chi connectivity index (χ3v) is 7.04. The summed E-state index contributed by atoms with van der Waals surface area (Å²) in [5.41, 5.74) is 5.72. The van der Waals surface area contributed by atoms with Gasteiger partial charge in [0.1, 0.15) is 5.82 Å². The van der Waals surface area contributed by atoms with Crippen LogP contribution in [0.4, 0.5) is 23.2 Å². The maximum absolute atomic E-state index is 14.8. The lowest BCUT2D eigenvalue weighted by Gasteiger charge is -2.25. The van der Waals surface area contributed by atoms with Gasteiger partial charge in [0.05, 0.1) is 46.1 Å². The number of anilines is 1. The van der Waals surface area contributed by atoms with Crippen molar-refractivity contribution in [3.8, 4) is 6.07 Å². The molecule has 1 heterocycles. The van der Waals surface area contributed by atoms with Gasteiger partial charge in [-0.3, -0.25) is 9.59 Å². The number of hydrogen-bond donors (Lipinski definition) is 2. The number of hydrogen-bond acceptors (Lipinski definition) is 6. The molecule has 13 heteroatoms. The lowest BCUT2D eigenvalue weighted by molar-refractivity contribution is -0.135. The van der Waals surface area contributed by atoms with Gasteiger partial charge in [-0.1, -0.05) is 12.1 Å². The average molecular weight is 512 g/mol. The van der Waals surface area contributed by atoms with Crippen molar-refractivity contribution in [2.45, 2.75) is 36.5 Å². The molecule has 2 amide bonds.